The van der Waals surface area contributed by atoms with Crippen LogP contribution in [-0.2, 0) is 9.47 Å². The van der Waals surface area contributed by atoms with Gasteiger partial charge in [0.1, 0.15) is 29.3 Å². The lowest BCUT2D eigenvalue weighted by molar-refractivity contribution is 0.000906. The Balaban J connectivity index is 1.42. The molecule has 188 valence electrons. The second kappa shape index (κ2) is 10.7. The predicted molar refractivity (Wildman–Crippen MR) is 130 cm³/mol. The van der Waals surface area contributed by atoms with Crippen LogP contribution in [0.5, 0.6) is 11.5 Å². The van der Waals surface area contributed by atoms with Crippen molar-refractivity contribution in [3.63, 3.8) is 0 Å². The summed E-state index contributed by atoms with van der Waals surface area (Å²) >= 11 is 3.52. The van der Waals surface area contributed by atoms with Crippen molar-refractivity contribution in [1.82, 2.24) is 14.7 Å². The molecule has 10 heteroatoms. The Kier molecular flexibility index (Phi) is 7.89. The van der Waals surface area contributed by atoms with Crippen LogP contribution in [0.4, 0.5) is 4.79 Å². The van der Waals surface area contributed by atoms with Gasteiger partial charge in [0.15, 0.2) is 0 Å². The van der Waals surface area contributed by atoms with Crippen LogP contribution in [0, 0.1) is 0 Å². The molecule has 3 aliphatic rings. The third-order valence-corrected chi connectivity index (χ3v) is 6.51. The highest BCUT2D eigenvalue weighted by Crippen LogP contribution is 2.37. The number of fused-ring (bicyclic) bond motifs is 2. The summed E-state index contributed by atoms with van der Waals surface area (Å²) in [6, 6.07) is 3.37. The monoisotopic (exact) mass is 539 g/mol. The van der Waals surface area contributed by atoms with Gasteiger partial charge in [-0.1, -0.05) is 15.9 Å². The fraction of sp³-hybridized carbons (Fsp3) is 0.667. The van der Waals surface area contributed by atoms with Gasteiger partial charge in [0.2, 0.25) is 0 Å². The first-order valence-electron chi connectivity index (χ1n) is 11.9. The molecule has 0 bridgehead atoms. The van der Waals surface area contributed by atoms with E-state index < -0.39 is 5.60 Å². The Morgan fingerprint density at radius 3 is 2.68 bits per heavy atom. The van der Waals surface area contributed by atoms with E-state index in [1.165, 1.54) is 0 Å². The van der Waals surface area contributed by atoms with E-state index in [2.05, 4.69) is 20.8 Å². The van der Waals surface area contributed by atoms with Crippen LogP contribution in [0.3, 0.4) is 0 Å². The van der Waals surface area contributed by atoms with Crippen LogP contribution in [0.2, 0.25) is 0 Å². The lowest BCUT2D eigenvalue weighted by Gasteiger charge is -2.40. The third kappa shape index (κ3) is 6.14. The number of rotatable bonds is 5. The zero-order chi connectivity index (χ0) is 24.3. The van der Waals surface area contributed by atoms with E-state index in [-0.39, 0.29) is 18.0 Å². The molecule has 4 rings (SSSR count). The molecule has 2 saturated heterocycles. The number of carbonyl (C=O) groups is 2. The summed E-state index contributed by atoms with van der Waals surface area (Å²) in [5.74, 6) is 0.893. The van der Waals surface area contributed by atoms with Gasteiger partial charge in [0.25, 0.3) is 5.91 Å². The van der Waals surface area contributed by atoms with Gasteiger partial charge in [-0.2, -0.15) is 0 Å². The molecule has 0 unspecified atom stereocenters. The van der Waals surface area contributed by atoms with Gasteiger partial charge in [0, 0.05) is 43.7 Å². The number of hydrogen-bond donors (Lipinski definition) is 0. The van der Waals surface area contributed by atoms with E-state index in [0.29, 0.717) is 49.9 Å². The summed E-state index contributed by atoms with van der Waals surface area (Å²) in [4.78, 5) is 31.9. The average Bonchev–Trinajstić information content (AvgIpc) is 2.92. The van der Waals surface area contributed by atoms with Crippen LogP contribution >= 0.6 is 15.9 Å². The van der Waals surface area contributed by atoms with Gasteiger partial charge in [-0.3, -0.25) is 9.69 Å². The maximum absolute atomic E-state index is 13.6. The zero-order valence-electron chi connectivity index (χ0n) is 20.2. The van der Waals surface area contributed by atoms with Crippen molar-refractivity contribution in [1.29, 1.82) is 0 Å². The fourth-order valence-electron chi connectivity index (χ4n) is 4.38. The smallest absolute Gasteiger partial charge is 0.410 e. The standard InChI is InChI=1S/C24H34BrN3O6/c1-24(2,3)34-23(30)27-6-7-28-18(15-27)16-33-20-14-17(25)13-19(21(20)22(28)29)32-10-4-5-26-8-11-31-12-9-26/h13-14,18H,4-12,15-16H2,1-3H3/t18-/m1/s1. The zero-order valence-corrected chi connectivity index (χ0v) is 21.8. The highest BCUT2D eigenvalue weighted by atomic mass is 79.9. The summed E-state index contributed by atoms with van der Waals surface area (Å²) in [5, 5.41) is 0. The largest absolute Gasteiger partial charge is 0.493 e. The maximum atomic E-state index is 13.6. The molecule has 0 N–H and O–H groups in total. The minimum Gasteiger partial charge on any atom is -0.493 e. The first kappa shape index (κ1) is 25.1. The minimum absolute atomic E-state index is 0.128. The summed E-state index contributed by atoms with van der Waals surface area (Å²) in [5.41, 5.74) is -0.122. The lowest BCUT2D eigenvalue weighted by atomic mass is 10.1. The molecular weight excluding hydrogens is 506 g/mol. The Bertz CT molecular complexity index is 899. The molecule has 2 amide bonds. The highest BCUT2D eigenvalue weighted by Gasteiger charge is 2.39. The highest BCUT2D eigenvalue weighted by molar-refractivity contribution is 9.10. The molecule has 1 atom stereocenters. The summed E-state index contributed by atoms with van der Waals surface area (Å²) in [7, 11) is 0. The molecular formula is C24H34BrN3O6. The molecule has 0 aliphatic carbocycles. The Hall–Kier alpha value is -2.04. The van der Waals surface area contributed by atoms with E-state index in [0.717, 1.165) is 43.7 Å². The maximum Gasteiger partial charge on any atom is 0.410 e. The Morgan fingerprint density at radius 1 is 1.18 bits per heavy atom. The molecule has 34 heavy (non-hydrogen) atoms. The summed E-state index contributed by atoms with van der Waals surface area (Å²) in [6.45, 7) is 11.9. The average molecular weight is 540 g/mol. The molecule has 0 saturated carbocycles. The van der Waals surface area contributed by atoms with Crippen LogP contribution in [0.15, 0.2) is 16.6 Å². The van der Waals surface area contributed by atoms with Gasteiger partial charge in [-0.25, -0.2) is 4.79 Å². The minimum atomic E-state index is -0.569. The third-order valence-electron chi connectivity index (χ3n) is 6.05. The van der Waals surface area contributed by atoms with Crippen molar-refractivity contribution in [2.24, 2.45) is 0 Å². The fourth-order valence-corrected chi connectivity index (χ4v) is 4.79. The number of halogens is 1. The van der Waals surface area contributed by atoms with Crippen LogP contribution < -0.4 is 9.47 Å². The number of ether oxygens (including phenoxy) is 4. The number of amides is 2. The van der Waals surface area contributed by atoms with Gasteiger partial charge >= 0.3 is 6.09 Å². The van der Waals surface area contributed by atoms with Gasteiger partial charge < -0.3 is 28.7 Å². The Morgan fingerprint density at radius 2 is 1.94 bits per heavy atom. The van der Waals surface area contributed by atoms with Crippen molar-refractivity contribution >= 4 is 27.9 Å². The molecule has 1 aromatic carbocycles. The number of benzene rings is 1. The first-order chi connectivity index (χ1) is 16.2. The SMILES string of the molecule is CC(C)(C)OC(=O)N1CCN2C(=O)c3c(OCCCN4CCOCC4)cc(Br)cc3OC[C@H]2C1. The topological polar surface area (TPSA) is 80.8 Å². The van der Waals surface area contributed by atoms with E-state index in [1.807, 2.05) is 26.8 Å². The molecule has 9 nitrogen and oxygen atoms in total. The number of morpholine rings is 1. The number of piperazine rings is 1. The quantitative estimate of drug-likeness (QED) is 0.532. The Labute approximate surface area is 209 Å². The predicted octanol–water partition coefficient (Wildman–Crippen LogP) is 3.00. The molecule has 0 spiro atoms. The van der Waals surface area contributed by atoms with Gasteiger partial charge in [0.05, 0.1) is 25.9 Å². The molecule has 0 radical (unpaired) electrons. The van der Waals surface area contributed by atoms with Crippen molar-refractivity contribution in [3.05, 3.63) is 22.2 Å². The van der Waals surface area contributed by atoms with Crippen molar-refractivity contribution < 1.29 is 28.5 Å². The van der Waals surface area contributed by atoms with Crippen molar-refractivity contribution in [2.45, 2.75) is 38.8 Å². The first-order valence-corrected chi connectivity index (χ1v) is 12.7. The number of nitrogens with zero attached hydrogens (tertiary/aromatic N) is 3. The second-order valence-electron chi connectivity index (χ2n) is 9.82. The van der Waals surface area contributed by atoms with Crippen LogP contribution in [0.25, 0.3) is 0 Å². The number of carbonyl (C=O) groups excluding carboxylic acids is 2. The van der Waals surface area contributed by atoms with Gasteiger partial charge in [-0.05, 0) is 39.3 Å². The van der Waals surface area contributed by atoms with E-state index in [1.54, 1.807) is 15.9 Å². The van der Waals surface area contributed by atoms with E-state index >= 15 is 0 Å². The van der Waals surface area contributed by atoms with Crippen molar-refractivity contribution in [3.8, 4) is 11.5 Å². The van der Waals surface area contributed by atoms with Crippen LogP contribution in [0.1, 0.15) is 37.6 Å². The van der Waals surface area contributed by atoms with Crippen molar-refractivity contribution in [2.75, 3.05) is 65.7 Å². The van der Waals surface area contributed by atoms with E-state index in [9.17, 15) is 9.59 Å². The normalized spacial score (nSPS) is 21.3. The van der Waals surface area contributed by atoms with E-state index in [4.69, 9.17) is 18.9 Å². The van der Waals surface area contributed by atoms with Crippen LogP contribution in [-0.4, -0.2) is 104 Å². The molecule has 0 aromatic heterocycles. The molecule has 3 aliphatic heterocycles. The summed E-state index contributed by atoms with van der Waals surface area (Å²) in [6.07, 6.45) is 0.487. The molecule has 3 heterocycles. The van der Waals surface area contributed by atoms with Gasteiger partial charge in [-0.15, -0.1) is 0 Å². The summed E-state index contributed by atoms with van der Waals surface area (Å²) < 4.78 is 23.9. The lowest BCUT2D eigenvalue weighted by Crippen LogP contribution is -2.58. The molecule has 2 fully saturated rings. The molecule has 1 aromatic rings. The second-order valence-corrected chi connectivity index (χ2v) is 10.7. The number of hydrogen-bond acceptors (Lipinski definition) is 7.